The van der Waals surface area contributed by atoms with Gasteiger partial charge in [-0.2, -0.15) is 0 Å². The van der Waals surface area contributed by atoms with Crippen LogP contribution in [0.4, 0.5) is 0 Å². The van der Waals surface area contributed by atoms with E-state index in [1.54, 1.807) is 6.92 Å². The average molecular weight is 288 g/mol. The SMILES string of the molecule is C[C@@]1(C(=O)O)CCC[C@@]2(C)c3ccccc3[C@H](C(=O)O)[C@H]12. The zero-order valence-electron chi connectivity index (χ0n) is 12.3. The molecule has 0 radical (unpaired) electrons. The van der Waals surface area contributed by atoms with Gasteiger partial charge in [-0.25, -0.2) is 0 Å². The van der Waals surface area contributed by atoms with Crippen LogP contribution in [0.15, 0.2) is 24.3 Å². The van der Waals surface area contributed by atoms with Crippen LogP contribution in [0.25, 0.3) is 0 Å². The summed E-state index contributed by atoms with van der Waals surface area (Å²) in [5.74, 6) is -2.92. The molecule has 2 aliphatic carbocycles. The van der Waals surface area contributed by atoms with Crippen molar-refractivity contribution in [3.8, 4) is 0 Å². The first-order chi connectivity index (χ1) is 9.82. The highest BCUT2D eigenvalue weighted by Gasteiger charge is 2.62. The molecule has 0 saturated heterocycles. The average Bonchev–Trinajstić information content (AvgIpc) is 2.70. The van der Waals surface area contributed by atoms with Crippen molar-refractivity contribution in [2.24, 2.45) is 11.3 Å². The lowest BCUT2D eigenvalue weighted by atomic mass is 9.54. The number of carboxylic acids is 2. The van der Waals surface area contributed by atoms with Crippen molar-refractivity contribution < 1.29 is 19.8 Å². The monoisotopic (exact) mass is 288 g/mol. The van der Waals surface area contributed by atoms with Crippen LogP contribution in [0, 0.1) is 11.3 Å². The van der Waals surface area contributed by atoms with Gasteiger partial charge in [0, 0.05) is 5.92 Å². The number of hydrogen-bond acceptors (Lipinski definition) is 2. The first-order valence-corrected chi connectivity index (χ1v) is 7.38. The Bertz CT molecular complexity index is 623. The summed E-state index contributed by atoms with van der Waals surface area (Å²) in [4.78, 5) is 23.8. The molecule has 0 aromatic heterocycles. The molecular formula is C17H20O4. The quantitative estimate of drug-likeness (QED) is 0.877. The van der Waals surface area contributed by atoms with E-state index in [2.05, 4.69) is 0 Å². The van der Waals surface area contributed by atoms with E-state index in [1.807, 2.05) is 31.2 Å². The molecule has 4 atom stereocenters. The van der Waals surface area contributed by atoms with Crippen LogP contribution in [0.1, 0.15) is 50.2 Å². The molecule has 2 N–H and O–H groups in total. The fraction of sp³-hybridized carbons (Fsp3) is 0.529. The van der Waals surface area contributed by atoms with Crippen LogP contribution in [0.5, 0.6) is 0 Å². The van der Waals surface area contributed by atoms with Gasteiger partial charge in [0.25, 0.3) is 0 Å². The first-order valence-electron chi connectivity index (χ1n) is 7.38. The number of fused-ring (bicyclic) bond motifs is 3. The fourth-order valence-corrected chi connectivity index (χ4v) is 4.86. The zero-order valence-corrected chi connectivity index (χ0v) is 12.3. The Labute approximate surface area is 123 Å². The van der Waals surface area contributed by atoms with Gasteiger partial charge in [-0.3, -0.25) is 9.59 Å². The number of carboxylic acid groups (broad SMARTS) is 2. The van der Waals surface area contributed by atoms with Crippen molar-refractivity contribution in [2.75, 3.05) is 0 Å². The second kappa shape index (κ2) is 4.33. The number of benzene rings is 1. The van der Waals surface area contributed by atoms with Crippen molar-refractivity contribution in [3.63, 3.8) is 0 Å². The summed E-state index contributed by atoms with van der Waals surface area (Å²) in [5.41, 5.74) is 0.460. The van der Waals surface area contributed by atoms with Gasteiger partial charge in [0.15, 0.2) is 0 Å². The second-order valence-corrected chi connectivity index (χ2v) is 6.87. The van der Waals surface area contributed by atoms with Crippen LogP contribution in [-0.4, -0.2) is 22.2 Å². The molecule has 21 heavy (non-hydrogen) atoms. The zero-order chi connectivity index (χ0) is 15.4. The van der Waals surface area contributed by atoms with Gasteiger partial charge < -0.3 is 10.2 Å². The molecule has 1 aromatic carbocycles. The lowest BCUT2D eigenvalue weighted by molar-refractivity contribution is -0.160. The number of aliphatic carboxylic acids is 2. The summed E-state index contributed by atoms with van der Waals surface area (Å²) in [7, 11) is 0. The minimum atomic E-state index is -0.991. The van der Waals surface area contributed by atoms with Crippen LogP contribution in [-0.2, 0) is 15.0 Å². The topological polar surface area (TPSA) is 74.6 Å². The molecule has 0 aliphatic heterocycles. The van der Waals surface area contributed by atoms with E-state index in [9.17, 15) is 19.8 Å². The van der Waals surface area contributed by atoms with E-state index in [4.69, 9.17) is 0 Å². The van der Waals surface area contributed by atoms with Gasteiger partial charge in [0.1, 0.15) is 0 Å². The lowest BCUT2D eigenvalue weighted by Gasteiger charge is -2.48. The summed E-state index contributed by atoms with van der Waals surface area (Å²) in [5, 5.41) is 19.5. The molecule has 2 aliphatic rings. The molecule has 0 amide bonds. The van der Waals surface area contributed by atoms with Crippen molar-refractivity contribution in [2.45, 2.75) is 44.4 Å². The molecule has 0 spiro atoms. The Morgan fingerprint density at radius 1 is 1.14 bits per heavy atom. The Balaban J connectivity index is 2.26. The van der Waals surface area contributed by atoms with Gasteiger partial charge in [-0.05, 0) is 36.3 Å². The summed E-state index contributed by atoms with van der Waals surface area (Å²) in [6, 6.07) is 7.57. The highest BCUT2D eigenvalue weighted by atomic mass is 16.4. The molecule has 1 saturated carbocycles. The van der Waals surface area contributed by atoms with Crippen LogP contribution in [0.2, 0.25) is 0 Å². The smallest absolute Gasteiger partial charge is 0.311 e. The summed E-state index contributed by atoms with van der Waals surface area (Å²) in [6.45, 7) is 3.76. The maximum atomic E-state index is 11.9. The van der Waals surface area contributed by atoms with Gasteiger partial charge in [-0.1, -0.05) is 37.6 Å². The van der Waals surface area contributed by atoms with Gasteiger partial charge in [0.2, 0.25) is 0 Å². The Morgan fingerprint density at radius 2 is 1.81 bits per heavy atom. The third-order valence-corrected chi connectivity index (χ3v) is 5.76. The highest BCUT2D eigenvalue weighted by molar-refractivity contribution is 5.83. The summed E-state index contributed by atoms with van der Waals surface area (Å²) < 4.78 is 0. The third kappa shape index (κ3) is 1.68. The molecule has 3 rings (SSSR count). The molecule has 0 unspecified atom stereocenters. The molecule has 4 nitrogen and oxygen atoms in total. The standard InChI is InChI=1S/C17H20O4/c1-16-8-5-9-17(2,15(20)21)13(16)12(14(18)19)10-6-3-4-7-11(10)16/h3-4,6-7,12-13H,5,8-9H2,1-2H3,(H,18,19)(H,20,21)/t12-,13-,16-,17+/m0/s1. The van der Waals surface area contributed by atoms with Crippen LogP contribution < -0.4 is 0 Å². The van der Waals surface area contributed by atoms with Crippen molar-refractivity contribution >= 4 is 11.9 Å². The third-order valence-electron chi connectivity index (χ3n) is 5.76. The number of rotatable bonds is 2. The Morgan fingerprint density at radius 3 is 2.43 bits per heavy atom. The molecule has 1 aromatic rings. The molecule has 1 fully saturated rings. The van der Waals surface area contributed by atoms with Gasteiger partial charge >= 0.3 is 11.9 Å². The molecule has 112 valence electrons. The second-order valence-electron chi connectivity index (χ2n) is 6.87. The van der Waals surface area contributed by atoms with Crippen molar-refractivity contribution in [1.82, 2.24) is 0 Å². The minimum Gasteiger partial charge on any atom is -0.481 e. The van der Waals surface area contributed by atoms with Crippen molar-refractivity contribution in [3.05, 3.63) is 35.4 Å². The van der Waals surface area contributed by atoms with E-state index in [0.29, 0.717) is 6.42 Å². The summed E-state index contributed by atoms with van der Waals surface area (Å²) in [6.07, 6.45) is 2.21. The van der Waals surface area contributed by atoms with Crippen LogP contribution in [0.3, 0.4) is 0 Å². The van der Waals surface area contributed by atoms with Crippen molar-refractivity contribution in [1.29, 1.82) is 0 Å². The van der Waals surface area contributed by atoms with Gasteiger partial charge in [-0.15, -0.1) is 0 Å². The largest absolute Gasteiger partial charge is 0.481 e. The normalized spacial score (nSPS) is 37.6. The number of carbonyl (C=O) groups is 2. The molecule has 4 heteroatoms. The molecule has 0 heterocycles. The maximum Gasteiger partial charge on any atom is 0.311 e. The lowest BCUT2D eigenvalue weighted by Crippen LogP contribution is -2.50. The molecule has 0 bridgehead atoms. The predicted octanol–water partition coefficient (Wildman–Crippen LogP) is 3.02. The van der Waals surface area contributed by atoms with Gasteiger partial charge in [0.05, 0.1) is 11.3 Å². The Kier molecular flexibility index (Phi) is 2.91. The van der Waals surface area contributed by atoms with E-state index >= 15 is 0 Å². The van der Waals surface area contributed by atoms with E-state index < -0.39 is 29.2 Å². The van der Waals surface area contributed by atoms with E-state index in [1.165, 1.54) is 0 Å². The Hall–Kier alpha value is -1.84. The maximum absolute atomic E-state index is 11.9. The minimum absolute atomic E-state index is 0.370. The van der Waals surface area contributed by atoms with E-state index in [0.717, 1.165) is 24.0 Å². The van der Waals surface area contributed by atoms with Crippen LogP contribution >= 0.6 is 0 Å². The summed E-state index contributed by atoms with van der Waals surface area (Å²) >= 11 is 0. The first kappa shape index (κ1) is 14.1. The molecular weight excluding hydrogens is 268 g/mol. The van der Waals surface area contributed by atoms with E-state index in [-0.39, 0.29) is 5.41 Å². The predicted molar refractivity (Wildman–Crippen MR) is 77.3 cm³/mol. The highest BCUT2D eigenvalue weighted by Crippen LogP contribution is 2.63. The number of hydrogen-bond donors (Lipinski definition) is 2. The fourth-order valence-electron chi connectivity index (χ4n) is 4.86.